The molecule has 2 aromatic rings. The number of carbonyl (C=O) groups is 1. The smallest absolute Gasteiger partial charge is 0.196 e. The number of hydrogen-bond acceptors (Lipinski definition) is 2. The van der Waals surface area contributed by atoms with Crippen LogP contribution in [0.5, 0.6) is 5.75 Å². The van der Waals surface area contributed by atoms with Crippen molar-refractivity contribution in [2.75, 3.05) is 6.61 Å². The number of fused-ring (bicyclic) bond motifs is 1. The summed E-state index contributed by atoms with van der Waals surface area (Å²) < 4.78 is 5.62. The molecule has 19 heavy (non-hydrogen) atoms. The summed E-state index contributed by atoms with van der Waals surface area (Å²) in [6.07, 6.45) is 1.91. The molecule has 0 aliphatic carbocycles. The first-order valence-corrected chi connectivity index (χ1v) is 6.28. The van der Waals surface area contributed by atoms with Crippen molar-refractivity contribution in [3.8, 4) is 5.75 Å². The van der Waals surface area contributed by atoms with Gasteiger partial charge in [0.05, 0.1) is 5.56 Å². The van der Waals surface area contributed by atoms with E-state index in [1.165, 1.54) is 5.56 Å². The second kappa shape index (κ2) is 4.73. The van der Waals surface area contributed by atoms with E-state index in [1.807, 2.05) is 49.4 Å². The van der Waals surface area contributed by atoms with Crippen LogP contribution in [0.2, 0.25) is 0 Å². The first-order valence-electron chi connectivity index (χ1n) is 6.28. The number of carbonyl (C=O) groups excluding carboxylic acids is 1. The molecule has 0 saturated heterocycles. The first-order chi connectivity index (χ1) is 9.24. The summed E-state index contributed by atoms with van der Waals surface area (Å²) >= 11 is 0. The lowest BCUT2D eigenvalue weighted by molar-refractivity contribution is 0.100. The quantitative estimate of drug-likeness (QED) is 0.722. The molecule has 3 rings (SSSR count). The fourth-order valence-corrected chi connectivity index (χ4v) is 2.24. The molecule has 1 heterocycles. The van der Waals surface area contributed by atoms with E-state index < -0.39 is 0 Å². The maximum Gasteiger partial charge on any atom is 0.196 e. The molecule has 0 unspecified atom stereocenters. The van der Waals surface area contributed by atoms with E-state index in [0.717, 1.165) is 5.56 Å². The summed E-state index contributed by atoms with van der Waals surface area (Å²) in [4.78, 5) is 12.4. The highest BCUT2D eigenvalue weighted by Crippen LogP contribution is 2.27. The molecule has 1 aliphatic heterocycles. The van der Waals surface area contributed by atoms with Gasteiger partial charge in [-0.15, -0.1) is 0 Å². The number of rotatable bonds is 1. The van der Waals surface area contributed by atoms with Crippen LogP contribution < -0.4 is 4.74 Å². The monoisotopic (exact) mass is 250 g/mol. The third kappa shape index (κ3) is 2.29. The summed E-state index contributed by atoms with van der Waals surface area (Å²) in [5.74, 6) is 0.734. The zero-order valence-corrected chi connectivity index (χ0v) is 10.7. The standard InChI is InChI=1S/C17H14O2/c1-12-5-4-6-13(9-12)10-14-11-19-16-8-3-2-7-15(16)17(14)18/h2-10H,11H2,1H3/b14-10-. The van der Waals surface area contributed by atoms with Crippen LogP contribution in [-0.2, 0) is 0 Å². The Morgan fingerprint density at radius 3 is 2.79 bits per heavy atom. The minimum absolute atomic E-state index is 0.0587. The molecule has 1 aliphatic rings. The van der Waals surface area contributed by atoms with E-state index in [2.05, 4.69) is 6.07 Å². The van der Waals surface area contributed by atoms with Crippen LogP contribution in [0.15, 0.2) is 54.1 Å². The SMILES string of the molecule is Cc1cccc(/C=C2/COc3ccccc3C2=O)c1. The molecular formula is C17H14O2. The van der Waals surface area contributed by atoms with E-state index in [9.17, 15) is 4.79 Å². The maximum atomic E-state index is 12.4. The van der Waals surface area contributed by atoms with Gasteiger partial charge in [0.15, 0.2) is 5.78 Å². The summed E-state index contributed by atoms with van der Waals surface area (Å²) in [6, 6.07) is 15.4. The van der Waals surface area contributed by atoms with Gasteiger partial charge in [0, 0.05) is 5.57 Å². The van der Waals surface area contributed by atoms with Crippen molar-refractivity contribution in [1.29, 1.82) is 0 Å². The predicted molar refractivity (Wildman–Crippen MR) is 75.4 cm³/mol. The van der Waals surface area contributed by atoms with Crippen LogP contribution in [0.25, 0.3) is 6.08 Å². The molecule has 0 bridgehead atoms. The number of ether oxygens (including phenoxy) is 1. The van der Waals surface area contributed by atoms with Crippen molar-refractivity contribution in [3.63, 3.8) is 0 Å². The van der Waals surface area contributed by atoms with Crippen molar-refractivity contribution in [2.24, 2.45) is 0 Å². The van der Waals surface area contributed by atoms with Gasteiger partial charge in [-0.3, -0.25) is 4.79 Å². The van der Waals surface area contributed by atoms with Gasteiger partial charge in [0.1, 0.15) is 12.4 Å². The molecule has 2 nitrogen and oxygen atoms in total. The lowest BCUT2D eigenvalue weighted by Gasteiger charge is -2.18. The first kappa shape index (κ1) is 11.7. The fraction of sp³-hybridized carbons (Fsp3) is 0.118. The predicted octanol–water partition coefficient (Wildman–Crippen LogP) is 3.65. The van der Waals surface area contributed by atoms with Crippen molar-refractivity contribution in [2.45, 2.75) is 6.92 Å². The maximum absolute atomic E-state index is 12.4. The van der Waals surface area contributed by atoms with Gasteiger partial charge in [0.25, 0.3) is 0 Å². The molecule has 0 saturated carbocycles. The largest absolute Gasteiger partial charge is 0.488 e. The van der Waals surface area contributed by atoms with E-state index >= 15 is 0 Å². The Bertz CT molecular complexity index is 668. The highest BCUT2D eigenvalue weighted by Gasteiger charge is 2.22. The zero-order chi connectivity index (χ0) is 13.2. The van der Waals surface area contributed by atoms with Crippen molar-refractivity contribution >= 4 is 11.9 Å². The molecule has 0 radical (unpaired) electrons. The molecule has 0 amide bonds. The molecule has 0 spiro atoms. The highest BCUT2D eigenvalue weighted by atomic mass is 16.5. The van der Waals surface area contributed by atoms with Crippen LogP contribution in [0, 0.1) is 6.92 Å². The van der Waals surface area contributed by atoms with Crippen LogP contribution in [0.3, 0.4) is 0 Å². The van der Waals surface area contributed by atoms with Gasteiger partial charge in [-0.25, -0.2) is 0 Å². The lowest BCUT2D eigenvalue weighted by atomic mass is 9.98. The lowest BCUT2D eigenvalue weighted by Crippen LogP contribution is -2.18. The number of benzene rings is 2. The van der Waals surface area contributed by atoms with Crippen molar-refractivity contribution in [1.82, 2.24) is 0 Å². The molecule has 0 N–H and O–H groups in total. The third-order valence-electron chi connectivity index (χ3n) is 3.19. The van der Waals surface area contributed by atoms with Gasteiger partial charge in [-0.2, -0.15) is 0 Å². The van der Waals surface area contributed by atoms with E-state index in [1.54, 1.807) is 6.07 Å². The summed E-state index contributed by atoms with van der Waals surface area (Å²) in [5.41, 5.74) is 3.56. The Kier molecular flexibility index (Phi) is 2.92. The van der Waals surface area contributed by atoms with Crippen LogP contribution in [-0.4, -0.2) is 12.4 Å². The topological polar surface area (TPSA) is 26.3 Å². The number of Topliss-reactive ketones (excluding diaryl/α,β-unsaturated/α-hetero) is 1. The summed E-state index contributed by atoms with van der Waals surface area (Å²) in [5, 5.41) is 0. The summed E-state index contributed by atoms with van der Waals surface area (Å²) in [6.45, 7) is 2.38. The summed E-state index contributed by atoms with van der Waals surface area (Å²) in [7, 11) is 0. The molecular weight excluding hydrogens is 236 g/mol. The van der Waals surface area contributed by atoms with Crippen LogP contribution >= 0.6 is 0 Å². The van der Waals surface area contributed by atoms with Crippen LogP contribution in [0.1, 0.15) is 21.5 Å². The minimum atomic E-state index is 0.0587. The van der Waals surface area contributed by atoms with Crippen molar-refractivity contribution in [3.05, 3.63) is 70.8 Å². The number of para-hydroxylation sites is 1. The molecule has 2 aromatic carbocycles. The third-order valence-corrected chi connectivity index (χ3v) is 3.19. The van der Waals surface area contributed by atoms with Gasteiger partial charge in [-0.1, -0.05) is 42.0 Å². The van der Waals surface area contributed by atoms with E-state index in [0.29, 0.717) is 23.5 Å². The molecule has 0 fully saturated rings. The second-order valence-corrected chi connectivity index (χ2v) is 4.70. The fourth-order valence-electron chi connectivity index (χ4n) is 2.24. The Labute approximate surface area is 112 Å². The molecule has 0 aromatic heterocycles. The van der Waals surface area contributed by atoms with E-state index in [4.69, 9.17) is 4.74 Å². The zero-order valence-electron chi connectivity index (χ0n) is 10.7. The average molecular weight is 250 g/mol. The Balaban J connectivity index is 1.98. The highest BCUT2D eigenvalue weighted by molar-refractivity contribution is 6.14. The molecule has 94 valence electrons. The molecule has 0 atom stereocenters. The second-order valence-electron chi connectivity index (χ2n) is 4.70. The average Bonchev–Trinajstić information content (AvgIpc) is 2.42. The number of aryl methyl sites for hydroxylation is 1. The van der Waals surface area contributed by atoms with Gasteiger partial charge in [-0.05, 0) is 30.7 Å². The van der Waals surface area contributed by atoms with Crippen molar-refractivity contribution < 1.29 is 9.53 Å². The Hall–Kier alpha value is -2.35. The van der Waals surface area contributed by atoms with Gasteiger partial charge in [0.2, 0.25) is 0 Å². The Morgan fingerprint density at radius 2 is 1.95 bits per heavy atom. The number of hydrogen-bond donors (Lipinski definition) is 0. The molecule has 2 heteroatoms. The minimum Gasteiger partial charge on any atom is -0.488 e. The number of ketones is 1. The van der Waals surface area contributed by atoms with Gasteiger partial charge < -0.3 is 4.74 Å². The Morgan fingerprint density at radius 1 is 1.11 bits per heavy atom. The normalized spacial score (nSPS) is 16.1. The van der Waals surface area contributed by atoms with E-state index in [-0.39, 0.29) is 5.78 Å². The van der Waals surface area contributed by atoms with Crippen LogP contribution in [0.4, 0.5) is 0 Å². The van der Waals surface area contributed by atoms with Gasteiger partial charge >= 0.3 is 0 Å².